The van der Waals surface area contributed by atoms with Gasteiger partial charge in [0.05, 0.1) is 16.9 Å². The number of nitrogens with one attached hydrogen (secondary N) is 1. The van der Waals surface area contributed by atoms with Gasteiger partial charge in [-0.15, -0.1) is 0 Å². The molecule has 8 heteroatoms. The maximum absolute atomic E-state index is 13.6. The molecule has 0 bridgehead atoms. The van der Waals surface area contributed by atoms with Gasteiger partial charge in [0.1, 0.15) is 11.6 Å². The number of aryl methyl sites for hydroxylation is 1. The highest BCUT2D eigenvalue weighted by atomic mass is 19.1. The Kier molecular flexibility index (Phi) is 5.49. The summed E-state index contributed by atoms with van der Waals surface area (Å²) in [6.45, 7) is 3.26. The van der Waals surface area contributed by atoms with Crippen LogP contribution in [0.4, 0.5) is 14.5 Å². The third kappa shape index (κ3) is 4.22. The molecule has 0 spiro atoms. The second-order valence-electron chi connectivity index (χ2n) is 6.09. The molecule has 0 saturated carbocycles. The van der Waals surface area contributed by atoms with Crippen LogP contribution < -0.4 is 5.32 Å². The zero-order valence-corrected chi connectivity index (χ0v) is 15.1. The van der Waals surface area contributed by atoms with Crippen LogP contribution in [0, 0.1) is 18.6 Å². The first-order chi connectivity index (χ1) is 13.3. The summed E-state index contributed by atoms with van der Waals surface area (Å²) in [7, 11) is 0. The van der Waals surface area contributed by atoms with Crippen molar-refractivity contribution in [2.75, 3.05) is 5.32 Å². The Bertz CT molecular complexity index is 1020. The largest absolute Gasteiger partial charge is 0.449 e. The van der Waals surface area contributed by atoms with Gasteiger partial charge in [-0.1, -0.05) is 0 Å². The van der Waals surface area contributed by atoms with Crippen LogP contribution in [0.3, 0.4) is 0 Å². The number of ether oxygens (including phenoxy) is 1. The molecule has 1 N–H and O–H groups in total. The summed E-state index contributed by atoms with van der Waals surface area (Å²) in [5.41, 5.74) is 1.76. The van der Waals surface area contributed by atoms with Crippen molar-refractivity contribution in [3.63, 3.8) is 0 Å². The fourth-order valence-corrected chi connectivity index (χ4v) is 2.49. The Morgan fingerprint density at radius 3 is 2.43 bits per heavy atom. The van der Waals surface area contributed by atoms with E-state index in [1.807, 2.05) is 13.0 Å². The van der Waals surface area contributed by atoms with Gasteiger partial charge in [0.15, 0.2) is 6.10 Å². The first-order valence-corrected chi connectivity index (χ1v) is 8.43. The summed E-state index contributed by atoms with van der Waals surface area (Å²) in [6, 6.07) is 11.1. The van der Waals surface area contributed by atoms with Gasteiger partial charge < -0.3 is 10.1 Å². The monoisotopic (exact) mass is 385 g/mol. The molecule has 1 heterocycles. The third-order valence-corrected chi connectivity index (χ3v) is 4.02. The van der Waals surface area contributed by atoms with E-state index in [0.717, 1.165) is 23.5 Å². The van der Waals surface area contributed by atoms with Crippen molar-refractivity contribution in [3.05, 3.63) is 77.6 Å². The lowest BCUT2D eigenvalue weighted by atomic mass is 10.2. The standard InChI is InChI=1S/C20H17F2N3O3/c1-12-9-10-23-25(12)16-6-3-14(4-7-16)20(27)28-13(2)19(26)24-18-8-5-15(21)11-17(18)22/h3-11,13H,1-2H3,(H,24,26)/t13-/m1/s1. The second-order valence-corrected chi connectivity index (χ2v) is 6.09. The highest BCUT2D eigenvalue weighted by Crippen LogP contribution is 2.16. The Morgan fingerprint density at radius 1 is 1.11 bits per heavy atom. The number of amides is 1. The molecular formula is C20H17F2N3O3. The molecule has 1 aromatic heterocycles. The second kappa shape index (κ2) is 7.99. The number of aromatic nitrogens is 2. The number of hydrogen-bond acceptors (Lipinski definition) is 4. The lowest BCUT2D eigenvalue weighted by molar-refractivity contribution is -0.123. The Morgan fingerprint density at radius 2 is 1.82 bits per heavy atom. The number of esters is 1. The summed E-state index contributed by atoms with van der Waals surface area (Å²) in [6.07, 6.45) is 0.492. The number of halogens is 2. The van der Waals surface area contributed by atoms with Gasteiger partial charge in [-0.25, -0.2) is 18.3 Å². The number of anilines is 1. The lowest BCUT2D eigenvalue weighted by Crippen LogP contribution is -2.30. The highest BCUT2D eigenvalue weighted by molar-refractivity contribution is 5.97. The fourth-order valence-electron chi connectivity index (χ4n) is 2.49. The van der Waals surface area contributed by atoms with Crippen molar-refractivity contribution >= 4 is 17.6 Å². The van der Waals surface area contributed by atoms with Gasteiger partial charge >= 0.3 is 5.97 Å². The number of nitrogens with zero attached hydrogens (tertiary/aromatic N) is 2. The summed E-state index contributed by atoms with van der Waals surface area (Å²) < 4.78 is 33.4. The molecule has 0 unspecified atom stereocenters. The van der Waals surface area contributed by atoms with E-state index >= 15 is 0 Å². The summed E-state index contributed by atoms with van der Waals surface area (Å²) in [4.78, 5) is 24.3. The van der Waals surface area contributed by atoms with Crippen LogP contribution in [0.25, 0.3) is 5.69 Å². The van der Waals surface area contributed by atoms with Crippen LogP contribution >= 0.6 is 0 Å². The Balaban J connectivity index is 1.63. The zero-order valence-electron chi connectivity index (χ0n) is 15.1. The van der Waals surface area contributed by atoms with Crippen LogP contribution in [0.15, 0.2) is 54.7 Å². The van der Waals surface area contributed by atoms with E-state index in [1.54, 1.807) is 35.1 Å². The molecule has 1 amide bonds. The topological polar surface area (TPSA) is 73.2 Å². The average Bonchev–Trinajstić information content (AvgIpc) is 3.10. The molecule has 0 saturated heterocycles. The van der Waals surface area contributed by atoms with E-state index in [0.29, 0.717) is 6.07 Å². The fraction of sp³-hybridized carbons (Fsp3) is 0.150. The van der Waals surface area contributed by atoms with Crippen molar-refractivity contribution in [3.8, 4) is 5.69 Å². The van der Waals surface area contributed by atoms with Crippen molar-refractivity contribution < 1.29 is 23.1 Å². The van der Waals surface area contributed by atoms with Gasteiger partial charge in [0.2, 0.25) is 0 Å². The molecule has 6 nitrogen and oxygen atoms in total. The van der Waals surface area contributed by atoms with Gasteiger partial charge in [-0.05, 0) is 56.3 Å². The zero-order chi connectivity index (χ0) is 20.3. The summed E-state index contributed by atoms with van der Waals surface area (Å²) in [5, 5.41) is 6.44. The van der Waals surface area contributed by atoms with Crippen LogP contribution in [-0.2, 0) is 9.53 Å². The molecule has 1 atom stereocenters. The van der Waals surface area contributed by atoms with E-state index in [4.69, 9.17) is 4.74 Å². The SMILES string of the molecule is Cc1ccnn1-c1ccc(C(=O)O[C@H](C)C(=O)Nc2ccc(F)cc2F)cc1. The summed E-state index contributed by atoms with van der Waals surface area (Å²) >= 11 is 0. The van der Waals surface area contributed by atoms with E-state index in [-0.39, 0.29) is 11.3 Å². The van der Waals surface area contributed by atoms with Crippen molar-refractivity contribution in [1.29, 1.82) is 0 Å². The predicted molar refractivity (Wildman–Crippen MR) is 98.2 cm³/mol. The van der Waals surface area contributed by atoms with Crippen LogP contribution in [0.2, 0.25) is 0 Å². The molecule has 0 radical (unpaired) electrons. The minimum atomic E-state index is -1.18. The molecule has 3 aromatic rings. The molecule has 0 aliphatic heterocycles. The van der Waals surface area contributed by atoms with E-state index in [2.05, 4.69) is 10.4 Å². The number of carbonyl (C=O) groups is 2. The lowest BCUT2D eigenvalue weighted by Gasteiger charge is -2.14. The van der Waals surface area contributed by atoms with Crippen LogP contribution in [0.5, 0.6) is 0 Å². The van der Waals surface area contributed by atoms with E-state index < -0.39 is 29.6 Å². The van der Waals surface area contributed by atoms with Crippen LogP contribution in [0.1, 0.15) is 23.0 Å². The quantitative estimate of drug-likeness (QED) is 0.681. The van der Waals surface area contributed by atoms with E-state index in [9.17, 15) is 18.4 Å². The minimum Gasteiger partial charge on any atom is -0.449 e. The normalized spacial score (nSPS) is 11.7. The van der Waals surface area contributed by atoms with Crippen molar-refractivity contribution in [2.45, 2.75) is 20.0 Å². The molecule has 0 aliphatic carbocycles. The maximum atomic E-state index is 13.6. The molecule has 28 heavy (non-hydrogen) atoms. The van der Waals surface area contributed by atoms with Gasteiger partial charge in [0.25, 0.3) is 5.91 Å². The number of benzene rings is 2. The van der Waals surface area contributed by atoms with E-state index in [1.165, 1.54) is 6.92 Å². The molecule has 3 rings (SSSR count). The van der Waals surface area contributed by atoms with Crippen molar-refractivity contribution in [2.24, 2.45) is 0 Å². The first kappa shape index (κ1) is 19.2. The first-order valence-electron chi connectivity index (χ1n) is 8.43. The Hall–Kier alpha value is -3.55. The average molecular weight is 385 g/mol. The van der Waals surface area contributed by atoms with Crippen molar-refractivity contribution in [1.82, 2.24) is 9.78 Å². The predicted octanol–water partition coefficient (Wildman–Crippen LogP) is 3.64. The van der Waals surface area contributed by atoms with Gasteiger partial charge in [-0.3, -0.25) is 4.79 Å². The highest BCUT2D eigenvalue weighted by Gasteiger charge is 2.20. The molecule has 144 valence electrons. The minimum absolute atomic E-state index is 0.201. The van der Waals surface area contributed by atoms with Crippen LogP contribution in [-0.4, -0.2) is 27.8 Å². The number of rotatable bonds is 5. The molecular weight excluding hydrogens is 368 g/mol. The number of hydrogen-bond donors (Lipinski definition) is 1. The maximum Gasteiger partial charge on any atom is 0.338 e. The van der Waals surface area contributed by atoms with Gasteiger partial charge in [-0.2, -0.15) is 5.10 Å². The number of carbonyl (C=O) groups excluding carboxylic acids is 2. The smallest absolute Gasteiger partial charge is 0.338 e. The molecule has 0 aliphatic rings. The summed E-state index contributed by atoms with van der Waals surface area (Å²) in [5.74, 6) is -3.12. The molecule has 0 fully saturated rings. The Labute approximate surface area is 159 Å². The molecule has 2 aromatic carbocycles. The third-order valence-electron chi connectivity index (χ3n) is 4.02. The van der Waals surface area contributed by atoms with Gasteiger partial charge in [0, 0.05) is 18.0 Å².